The summed E-state index contributed by atoms with van der Waals surface area (Å²) in [7, 11) is 0. The maximum absolute atomic E-state index is 2.52. The summed E-state index contributed by atoms with van der Waals surface area (Å²) in [5.74, 6) is 0. The maximum atomic E-state index is 2.52. The molecule has 0 heterocycles. The van der Waals surface area contributed by atoms with Crippen molar-refractivity contribution in [3.05, 3.63) is 212 Å². The van der Waals surface area contributed by atoms with Crippen LogP contribution < -0.4 is 4.90 Å². The molecule has 256 valence electrons. The Morgan fingerprint density at radius 3 is 1.11 bits per heavy atom. The summed E-state index contributed by atoms with van der Waals surface area (Å²) >= 11 is 0. The van der Waals surface area contributed by atoms with E-state index in [1.54, 1.807) is 0 Å². The molecule has 0 bridgehead atoms. The molecule has 1 heteroatoms. The molecule has 0 radical (unpaired) electrons. The highest BCUT2D eigenvalue weighted by Crippen LogP contribution is 2.49. The number of hydrogen-bond donors (Lipinski definition) is 0. The van der Waals surface area contributed by atoms with Gasteiger partial charge in [0, 0.05) is 16.5 Å². The zero-order valence-corrected chi connectivity index (χ0v) is 30.2. The van der Waals surface area contributed by atoms with Gasteiger partial charge in [0.15, 0.2) is 0 Å². The predicted octanol–water partition coefficient (Wildman–Crippen LogP) is 15.4. The van der Waals surface area contributed by atoms with Crippen LogP contribution in [0.1, 0.15) is 0 Å². The molecule has 55 heavy (non-hydrogen) atoms. The number of fused-ring (bicyclic) bond motifs is 9. The second-order valence-electron chi connectivity index (χ2n) is 14.4. The zero-order chi connectivity index (χ0) is 36.3. The lowest BCUT2D eigenvalue weighted by Crippen LogP contribution is -2.11. The van der Waals surface area contributed by atoms with Crippen LogP contribution >= 0.6 is 0 Å². The van der Waals surface area contributed by atoms with Gasteiger partial charge in [-0.1, -0.05) is 188 Å². The van der Waals surface area contributed by atoms with Crippen LogP contribution in [0.3, 0.4) is 0 Å². The van der Waals surface area contributed by atoms with Crippen LogP contribution in [0.15, 0.2) is 212 Å². The molecule has 0 saturated heterocycles. The summed E-state index contributed by atoms with van der Waals surface area (Å²) in [6.07, 6.45) is 0. The van der Waals surface area contributed by atoms with Crippen molar-refractivity contribution in [3.8, 4) is 22.3 Å². The summed E-state index contributed by atoms with van der Waals surface area (Å²) in [5, 5.41) is 14.8. The summed E-state index contributed by atoms with van der Waals surface area (Å²) < 4.78 is 0. The molecule has 0 fully saturated rings. The van der Waals surface area contributed by atoms with Gasteiger partial charge in [-0.05, 0) is 100 Å². The van der Waals surface area contributed by atoms with Crippen LogP contribution in [-0.4, -0.2) is 0 Å². The van der Waals surface area contributed by atoms with Crippen molar-refractivity contribution < 1.29 is 0 Å². The highest BCUT2D eigenvalue weighted by Gasteiger charge is 2.23. The Morgan fingerprint density at radius 1 is 0.236 bits per heavy atom. The monoisotopic (exact) mass is 697 g/mol. The maximum Gasteiger partial charge on any atom is 0.0546 e. The van der Waals surface area contributed by atoms with Gasteiger partial charge in [0.2, 0.25) is 0 Å². The van der Waals surface area contributed by atoms with Gasteiger partial charge in [0.1, 0.15) is 0 Å². The van der Waals surface area contributed by atoms with E-state index in [-0.39, 0.29) is 0 Å². The smallest absolute Gasteiger partial charge is 0.0546 e. The SMILES string of the molecule is c1ccc(-c2c(-c3ccccc3)c3cc(N(c4cc5ccccc5c5ccccc45)c4cc5ccccc5c5ccccc45)ccc3c3ccccc23)cc1. The molecule has 1 nitrogen and oxygen atoms in total. The lowest BCUT2D eigenvalue weighted by Gasteiger charge is -2.30. The molecule has 0 N–H and O–H groups in total. The topological polar surface area (TPSA) is 3.24 Å². The summed E-state index contributed by atoms with van der Waals surface area (Å²) in [6, 6.07) is 78.0. The predicted molar refractivity (Wildman–Crippen MR) is 237 cm³/mol. The Bertz CT molecular complexity index is 3130. The minimum Gasteiger partial charge on any atom is -0.309 e. The van der Waals surface area contributed by atoms with Crippen LogP contribution in [0.2, 0.25) is 0 Å². The second kappa shape index (κ2) is 12.7. The first-order chi connectivity index (χ1) is 27.3. The molecule has 0 aliphatic heterocycles. The fourth-order valence-electron chi connectivity index (χ4n) is 8.97. The Kier molecular flexibility index (Phi) is 7.25. The summed E-state index contributed by atoms with van der Waals surface area (Å²) in [6.45, 7) is 0. The number of nitrogens with zero attached hydrogens (tertiary/aromatic N) is 1. The van der Waals surface area contributed by atoms with Crippen molar-refractivity contribution in [2.24, 2.45) is 0 Å². The Hall–Kier alpha value is -7.22. The Labute approximate surface area is 320 Å². The molecule has 11 aromatic rings. The number of rotatable bonds is 5. The highest BCUT2D eigenvalue weighted by atomic mass is 15.1. The first-order valence-electron chi connectivity index (χ1n) is 19.0. The molecule has 0 aliphatic rings. The minimum atomic E-state index is 1.11. The van der Waals surface area contributed by atoms with Gasteiger partial charge in [-0.25, -0.2) is 0 Å². The fraction of sp³-hybridized carbons (Fsp3) is 0. The van der Waals surface area contributed by atoms with Crippen molar-refractivity contribution in [2.75, 3.05) is 4.90 Å². The second-order valence-corrected chi connectivity index (χ2v) is 14.4. The Morgan fingerprint density at radius 2 is 0.600 bits per heavy atom. The minimum absolute atomic E-state index is 1.11. The van der Waals surface area contributed by atoms with Crippen LogP contribution in [0.25, 0.3) is 86.9 Å². The van der Waals surface area contributed by atoms with Gasteiger partial charge in [0.25, 0.3) is 0 Å². The molecular weight excluding hydrogens is 663 g/mol. The van der Waals surface area contributed by atoms with Crippen molar-refractivity contribution in [3.63, 3.8) is 0 Å². The molecule has 0 spiro atoms. The molecule has 11 aromatic carbocycles. The molecule has 0 amide bonds. The van der Waals surface area contributed by atoms with Gasteiger partial charge in [-0.15, -0.1) is 0 Å². The molecule has 0 saturated carbocycles. The fourth-order valence-corrected chi connectivity index (χ4v) is 8.97. The highest BCUT2D eigenvalue weighted by molar-refractivity contribution is 6.23. The van der Waals surface area contributed by atoms with E-state index in [1.807, 2.05) is 0 Å². The van der Waals surface area contributed by atoms with Gasteiger partial charge < -0.3 is 4.90 Å². The third-order valence-electron chi connectivity index (χ3n) is 11.4. The van der Waals surface area contributed by atoms with Crippen molar-refractivity contribution in [1.29, 1.82) is 0 Å². The van der Waals surface area contributed by atoms with E-state index in [4.69, 9.17) is 0 Å². The van der Waals surface area contributed by atoms with E-state index in [0.29, 0.717) is 0 Å². The number of anilines is 3. The zero-order valence-electron chi connectivity index (χ0n) is 30.2. The van der Waals surface area contributed by atoms with Gasteiger partial charge >= 0.3 is 0 Å². The summed E-state index contributed by atoms with van der Waals surface area (Å²) in [4.78, 5) is 2.52. The van der Waals surface area contributed by atoms with Crippen LogP contribution in [0.5, 0.6) is 0 Å². The number of benzene rings is 11. The Balaban J connectivity index is 1.31. The van der Waals surface area contributed by atoms with E-state index in [1.165, 1.54) is 86.9 Å². The largest absolute Gasteiger partial charge is 0.309 e. The van der Waals surface area contributed by atoms with Crippen LogP contribution in [0, 0.1) is 0 Å². The van der Waals surface area contributed by atoms with Crippen molar-refractivity contribution >= 4 is 81.7 Å². The quantitative estimate of drug-likeness (QED) is 0.162. The molecule has 0 unspecified atom stereocenters. The van der Waals surface area contributed by atoms with Crippen LogP contribution in [-0.2, 0) is 0 Å². The first-order valence-corrected chi connectivity index (χ1v) is 19.0. The van der Waals surface area contributed by atoms with E-state index in [0.717, 1.165) is 17.1 Å². The standard InChI is InChI=1S/C54H35N/c1-3-17-36(18-4-1)53-49-30-16-13-27-45(49)46-32-31-40(35-50(46)54(53)37-19-5-2-6-20-37)55(51-33-38-21-7-9-23-41(38)43-25-11-14-28-47(43)51)52-34-39-22-8-10-24-42(39)44-26-12-15-29-48(44)52/h1-35H. The lowest BCUT2D eigenvalue weighted by molar-refractivity contribution is 1.33. The molecule has 0 aromatic heterocycles. The first kappa shape index (κ1) is 31.3. The molecule has 0 aliphatic carbocycles. The van der Waals surface area contributed by atoms with Gasteiger partial charge in [0.05, 0.1) is 11.4 Å². The van der Waals surface area contributed by atoms with Crippen LogP contribution in [0.4, 0.5) is 17.1 Å². The lowest BCUT2D eigenvalue weighted by atomic mass is 9.85. The summed E-state index contributed by atoms with van der Waals surface area (Å²) in [5.41, 5.74) is 8.33. The van der Waals surface area contributed by atoms with Gasteiger partial charge in [-0.2, -0.15) is 0 Å². The average Bonchev–Trinajstić information content (AvgIpc) is 3.26. The van der Waals surface area contributed by atoms with E-state index in [2.05, 4.69) is 217 Å². The number of hydrogen-bond acceptors (Lipinski definition) is 1. The molecular formula is C54H35N. The van der Waals surface area contributed by atoms with Crippen molar-refractivity contribution in [1.82, 2.24) is 0 Å². The van der Waals surface area contributed by atoms with E-state index < -0.39 is 0 Å². The third-order valence-corrected chi connectivity index (χ3v) is 11.4. The molecule has 11 rings (SSSR count). The molecule has 0 atom stereocenters. The third kappa shape index (κ3) is 5.01. The van der Waals surface area contributed by atoms with Crippen molar-refractivity contribution in [2.45, 2.75) is 0 Å². The van der Waals surface area contributed by atoms with Gasteiger partial charge in [-0.3, -0.25) is 0 Å². The van der Waals surface area contributed by atoms with E-state index in [9.17, 15) is 0 Å². The normalized spacial score (nSPS) is 11.6. The van der Waals surface area contributed by atoms with E-state index >= 15 is 0 Å². The average molecular weight is 698 g/mol.